The van der Waals surface area contributed by atoms with Gasteiger partial charge in [0.1, 0.15) is 18.0 Å². The fourth-order valence-corrected chi connectivity index (χ4v) is 4.17. The van der Waals surface area contributed by atoms with Crippen molar-refractivity contribution in [1.82, 2.24) is 30.0 Å². The van der Waals surface area contributed by atoms with Crippen LogP contribution in [0, 0.1) is 6.92 Å². The van der Waals surface area contributed by atoms with E-state index in [1.54, 1.807) is 6.33 Å². The molecule has 2 aromatic heterocycles. The highest BCUT2D eigenvalue weighted by atomic mass is 15.3. The zero-order valence-electron chi connectivity index (χ0n) is 17.1. The number of aryl methyl sites for hydroxylation is 2. The Balaban J connectivity index is 1.29. The molecule has 0 amide bonds. The molecule has 2 aliphatic heterocycles. The van der Waals surface area contributed by atoms with E-state index in [9.17, 15) is 0 Å². The summed E-state index contributed by atoms with van der Waals surface area (Å²) in [5, 5.41) is 11.8. The third-order valence-corrected chi connectivity index (χ3v) is 5.87. The van der Waals surface area contributed by atoms with Gasteiger partial charge in [0.25, 0.3) is 0 Å². The molecule has 0 unspecified atom stereocenters. The summed E-state index contributed by atoms with van der Waals surface area (Å²) in [6.45, 7) is 7.28. The van der Waals surface area contributed by atoms with Gasteiger partial charge in [-0.15, -0.1) is 10.2 Å². The van der Waals surface area contributed by atoms with Crippen LogP contribution in [-0.4, -0.2) is 63.5 Å². The van der Waals surface area contributed by atoms with Crippen molar-refractivity contribution in [1.29, 1.82) is 0 Å². The molecule has 0 atom stereocenters. The molecule has 4 heterocycles. The number of nitrogens with zero attached hydrogens (tertiary/aromatic N) is 7. The van der Waals surface area contributed by atoms with Gasteiger partial charge in [-0.05, 0) is 39.0 Å². The fourth-order valence-electron chi connectivity index (χ4n) is 4.17. The lowest BCUT2D eigenvalue weighted by atomic mass is 10.0. The summed E-state index contributed by atoms with van der Waals surface area (Å²) in [6, 6.07) is 2.70. The predicted octanol–water partition coefficient (Wildman–Crippen LogP) is 1.70. The van der Waals surface area contributed by atoms with E-state index in [0.717, 1.165) is 75.3 Å². The Bertz CT molecular complexity index is 759. The molecule has 0 saturated carbocycles. The lowest BCUT2D eigenvalue weighted by Gasteiger charge is -2.34. The van der Waals surface area contributed by atoms with Crippen LogP contribution in [0.2, 0.25) is 0 Å². The molecule has 0 spiro atoms. The number of anilines is 2. The van der Waals surface area contributed by atoms with Gasteiger partial charge in [0, 0.05) is 64.0 Å². The van der Waals surface area contributed by atoms with Gasteiger partial charge in [0.2, 0.25) is 5.95 Å². The topological polar surface area (TPSA) is 75.0 Å². The first-order chi connectivity index (χ1) is 13.7. The zero-order valence-corrected chi connectivity index (χ0v) is 17.1. The molecule has 2 aliphatic rings. The summed E-state index contributed by atoms with van der Waals surface area (Å²) in [7, 11) is 2.00. The van der Waals surface area contributed by atoms with E-state index < -0.39 is 0 Å². The molecule has 152 valence electrons. The maximum absolute atomic E-state index is 4.91. The van der Waals surface area contributed by atoms with Gasteiger partial charge in [-0.3, -0.25) is 0 Å². The smallest absolute Gasteiger partial charge is 0.227 e. The van der Waals surface area contributed by atoms with Crippen molar-refractivity contribution in [2.75, 3.05) is 42.5 Å². The highest BCUT2D eigenvalue weighted by molar-refractivity contribution is 5.46. The Kier molecular flexibility index (Phi) is 6.04. The third kappa shape index (κ3) is 4.60. The molecule has 0 radical (unpaired) electrons. The number of hydrogen-bond donors (Lipinski definition) is 1. The minimum absolute atomic E-state index is 0.564. The van der Waals surface area contributed by atoms with Crippen molar-refractivity contribution in [3.63, 3.8) is 0 Å². The Morgan fingerprint density at radius 1 is 1.04 bits per heavy atom. The largest absolute Gasteiger partial charge is 0.356 e. The van der Waals surface area contributed by atoms with E-state index >= 15 is 0 Å². The summed E-state index contributed by atoms with van der Waals surface area (Å²) in [5.74, 6) is 3.04. The van der Waals surface area contributed by atoms with Gasteiger partial charge >= 0.3 is 0 Å². The van der Waals surface area contributed by atoms with E-state index in [-0.39, 0.29) is 0 Å². The van der Waals surface area contributed by atoms with Crippen LogP contribution >= 0.6 is 0 Å². The molecular formula is C20H32N8. The number of rotatable bonds is 6. The first-order valence-electron chi connectivity index (χ1n) is 10.6. The van der Waals surface area contributed by atoms with Crippen LogP contribution in [0.1, 0.15) is 43.6 Å². The van der Waals surface area contributed by atoms with E-state index in [1.165, 1.54) is 19.3 Å². The molecule has 0 bridgehead atoms. The van der Waals surface area contributed by atoms with Crippen LogP contribution in [-0.2, 0) is 13.5 Å². The Labute approximate surface area is 167 Å². The minimum Gasteiger partial charge on any atom is -0.356 e. The molecule has 8 heteroatoms. The van der Waals surface area contributed by atoms with Crippen LogP contribution in [0.5, 0.6) is 0 Å². The highest BCUT2D eigenvalue weighted by Crippen LogP contribution is 2.23. The van der Waals surface area contributed by atoms with Gasteiger partial charge in [-0.1, -0.05) is 0 Å². The van der Waals surface area contributed by atoms with Crippen LogP contribution in [0.4, 0.5) is 11.8 Å². The number of nitrogens with one attached hydrogen (secondary N) is 1. The summed E-state index contributed by atoms with van der Waals surface area (Å²) in [4.78, 5) is 14.4. The molecule has 2 aromatic rings. The standard InChI is InChI=1S/C20H32N8/c1-16-14-19(24-20(23-16)28-10-4-3-5-11-28)27-12-7-17(8-13-27)21-9-6-18-25-22-15-26(18)2/h14-15,17,21H,3-13H2,1-2H3. The molecule has 2 fully saturated rings. The second-order valence-corrected chi connectivity index (χ2v) is 8.04. The number of aromatic nitrogens is 5. The molecule has 0 aliphatic carbocycles. The zero-order chi connectivity index (χ0) is 19.3. The summed E-state index contributed by atoms with van der Waals surface area (Å²) in [5.41, 5.74) is 1.06. The van der Waals surface area contributed by atoms with Crippen molar-refractivity contribution >= 4 is 11.8 Å². The maximum Gasteiger partial charge on any atom is 0.227 e. The quantitative estimate of drug-likeness (QED) is 0.812. The maximum atomic E-state index is 4.91. The number of hydrogen-bond acceptors (Lipinski definition) is 7. The average molecular weight is 385 g/mol. The summed E-state index contributed by atoms with van der Waals surface area (Å²) in [6.07, 6.45) is 8.78. The minimum atomic E-state index is 0.564. The highest BCUT2D eigenvalue weighted by Gasteiger charge is 2.22. The molecule has 1 N–H and O–H groups in total. The lowest BCUT2D eigenvalue weighted by Crippen LogP contribution is -2.43. The van der Waals surface area contributed by atoms with Crippen LogP contribution in [0.25, 0.3) is 0 Å². The van der Waals surface area contributed by atoms with Crippen molar-refractivity contribution in [2.24, 2.45) is 7.05 Å². The van der Waals surface area contributed by atoms with Crippen molar-refractivity contribution < 1.29 is 0 Å². The first-order valence-corrected chi connectivity index (χ1v) is 10.6. The van der Waals surface area contributed by atoms with Gasteiger partial charge in [-0.25, -0.2) is 4.98 Å². The fraction of sp³-hybridized carbons (Fsp3) is 0.700. The second kappa shape index (κ2) is 8.86. The molecule has 2 saturated heterocycles. The Morgan fingerprint density at radius 2 is 1.82 bits per heavy atom. The Hall–Kier alpha value is -2.22. The SMILES string of the molecule is Cc1cc(N2CCC(NCCc3nncn3C)CC2)nc(N2CCCCC2)n1. The molecular weight excluding hydrogens is 352 g/mol. The van der Waals surface area contributed by atoms with Crippen LogP contribution < -0.4 is 15.1 Å². The third-order valence-electron chi connectivity index (χ3n) is 5.87. The normalized spacial score (nSPS) is 18.6. The average Bonchev–Trinajstić information content (AvgIpc) is 3.13. The van der Waals surface area contributed by atoms with E-state index in [2.05, 4.69) is 38.3 Å². The Morgan fingerprint density at radius 3 is 2.54 bits per heavy atom. The van der Waals surface area contributed by atoms with Crippen molar-refractivity contribution in [2.45, 2.75) is 51.5 Å². The predicted molar refractivity (Wildman–Crippen MR) is 111 cm³/mol. The molecule has 28 heavy (non-hydrogen) atoms. The summed E-state index contributed by atoms with van der Waals surface area (Å²) < 4.78 is 1.99. The van der Waals surface area contributed by atoms with Gasteiger partial charge in [0.15, 0.2) is 0 Å². The van der Waals surface area contributed by atoms with Gasteiger partial charge in [0.05, 0.1) is 0 Å². The molecule has 8 nitrogen and oxygen atoms in total. The van der Waals surface area contributed by atoms with Crippen LogP contribution in [0.3, 0.4) is 0 Å². The monoisotopic (exact) mass is 384 g/mol. The van der Waals surface area contributed by atoms with E-state index in [1.807, 2.05) is 11.6 Å². The lowest BCUT2D eigenvalue weighted by molar-refractivity contribution is 0.414. The van der Waals surface area contributed by atoms with E-state index in [4.69, 9.17) is 9.97 Å². The van der Waals surface area contributed by atoms with Gasteiger partial charge in [-0.2, -0.15) is 4.98 Å². The first kappa shape index (κ1) is 19.1. The van der Waals surface area contributed by atoms with E-state index in [0.29, 0.717) is 6.04 Å². The molecule has 4 rings (SSSR count). The second-order valence-electron chi connectivity index (χ2n) is 8.04. The van der Waals surface area contributed by atoms with Gasteiger partial charge < -0.3 is 19.7 Å². The summed E-state index contributed by atoms with van der Waals surface area (Å²) >= 11 is 0. The number of piperidine rings is 2. The molecule has 0 aromatic carbocycles. The van der Waals surface area contributed by atoms with Crippen molar-refractivity contribution in [3.05, 3.63) is 23.9 Å². The van der Waals surface area contributed by atoms with Crippen molar-refractivity contribution in [3.8, 4) is 0 Å². The van der Waals surface area contributed by atoms with Crippen LogP contribution in [0.15, 0.2) is 12.4 Å².